The first kappa shape index (κ1) is 11.7. The van der Waals surface area contributed by atoms with Crippen molar-refractivity contribution in [2.24, 2.45) is 0 Å². The van der Waals surface area contributed by atoms with Gasteiger partial charge in [0.05, 0.1) is 0 Å². The second kappa shape index (κ2) is 6.18. The van der Waals surface area contributed by atoms with E-state index in [1.165, 1.54) is 0 Å². The Morgan fingerprint density at radius 1 is 1.27 bits per heavy atom. The number of benzene rings is 1. The van der Waals surface area contributed by atoms with Gasteiger partial charge in [0.2, 0.25) is 0 Å². The van der Waals surface area contributed by atoms with Gasteiger partial charge >= 0.3 is 0 Å². The van der Waals surface area contributed by atoms with E-state index in [9.17, 15) is 4.79 Å². The van der Waals surface area contributed by atoms with Gasteiger partial charge in [-0.1, -0.05) is 49.8 Å². The molecule has 0 unspecified atom stereocenters. The third-order valence-corrected chi connectivity index (χ3v) is 2.43. The van der Waals surface area contributed by atoms with E-state index in [4.69, 9.17) is 0 Å². The van der Waals surface area contributed by atoms with Crippen LogP contribution >= 0.6 is 0 Å². The minimum atomic E-state index is 0.255. The van der Waals surface area contributed by atoms with Crippen LogP contribution in [-0.2, 0) is 4.79 Å². The topological polar surface area (TPSA) is 17.1 Å². The first-order chi connectivity index (χ1) is 7.29. The van der Waals surface area contributed by atoms with Gasteiger partial charge in [-0.25, -0.2) is 0 Å². The number of carbonyl (C=O) groups is 1. The van der Waals surface area contributed by atoms with Gasteiger partial charge in [-0.3, -0.25) is 4.79 Å². The van der Waals surface area contributed by atoms with Crippen molar-refractivity contribution in [1.82, 2.24) is 0 Å². The molecule has 80 valence electrons. The summed E-state index contributed by atoms with van der Waals surface area (Å²) < 4.78 is 0. The zero-order valence-electron chi connectivity index (χ0n) is 9.49. The Balaban J connectivity index is 2.78. The molecular formula is C14H18O. The molecule has 1 heteroatoms. The van der Waals surface area contributed by atoms with E-state index in [2.05, 4.69) is 6.92 Å². The van der Waals surface area contributed by atoms with Gasteiger partial charge in [0.1, 0.15) is 0 Å². The summed E-state index contributed by atoms with van der Waals surface area (Å²) in [6.45, 7) is 4.03. The number of Topliss-reactive ketones (excluding diaryl/α,β-unsaturated/α-hetero) is 1. The average molecular weight is 202 g/mol. The average Bonchev–Trinajstić information content (AvgIpc) is 2.29. The van der Waals surface area contributed by atoms with Crippen molar-refractivity contribution in [2.75, 3.05) is 0 Å². The lowest BCUT2D eigenvalue weighted by Crippen LogP contribution is -2.01. The second-order valence-electron chi connectivity index (χ2n) is 3.60. The van der Waals surface area contributed by atoms with Crippen LogP contribution in [0.25, 0.3) is 5.57 Å². The molecule has 0 saturated carbocycles. The Labute approximate surface area is 91.8 Å². The highest BCUT2D eigenvalue weighted by atomic mass is 16.1. The van der Waals surface area contributed by atoms with Crippen LogP contribution in [0.2, 0.25) is 0 Å². The van der Waals surface area contributed by atoms with Gasteiger partial charge in [-0.05, 0) is 18.9 Å². The summed E-state index contributed by atoms with van der Waals surface area (Å²) in [5, 5.41) is 0. The predicted molar refractivity (Wildman–Crippen MR) is 64.6 cm³/mol. The molecule has 1 aromatic rings. The Morgan fingerprint density at radius 2 is 1.93 bits per heavy atom. The molecule has 0 heterocycles. The van der Waals surface area contributed by atoms with Crippen molar-refractivity contribution >= 4 is 11.4 Å². The van der Waals surface area contributed by atoms with E-state index in [1.54, 1.807) is 0 Å². The Morgan fingerprint density at radius 3 is 2.47 bits per heavy atom. The first-order valence-corrected chi connectivity index (χ1v) is 5.54. The molecule has 0 aliphatic rings. The molecule has 0 aliphatic heterocycles. The largest absolute Gasteiger partial charge is 0.294 e. The zero-order chi connectivity index (χ0) is 11.1. The summed E-state index contributed by atoms with van der Waals surface area (Å²) >= 11 is 0. The summed E-state index contributed by atoms with van der Waals surface area (Å²) in [7, 11) is 0. The predicted octanol–water partition coefficient (Wildman–Crippen LogP) is 3.85. The molecule has 0 aliphatic carbocycles. The van der Waals surface area contributed by atoms with E-state index >= 15 is 0 Å². The van der Waals surface area contributed by atoms with Crippen LogP contribution in [0.3, 0.4) is 0 Å². The highest BCUT2D eigenvalue weighted by molar-refractivity contribution is 6.20. The maximum atomic E-state index is 11.9. The summed E-state index contributed by atoms with van der Waals surface area (Å²) in [6.07, 6.45) is 4.61. The first-order valence-electron chi connectivity index (χ1n) is 5.54. The van der Waals surface area contributed by atoms with Gasteiger partial charge in [0, 0.05) is 12.0 Å². The molecule has 0 fully saturated rings. The molecule has 0 spiro atoms. The molecule has 0 amide bonds. The number of hydrogen-bond acceptors (Lipinski definition) is 1. The number of rotatable bonds is 5. The molecule has 15 heavy (non-hydrogen) atoms. The number of carbonyl (C=O) groups excluding carboxylic acids is 1. The van der Waals surface area contributed by atoms with Crippen molar-refractivity contribution in [3.8, 4) is 0 Å². The van der Waals surface area contributed by atoms with Crippen molar-refractivity contribution in [3.63, 3.8) is 0 Å². The molecule has 0 radical (unpaired) electrons. The fourth-order valence-electron chi connectivity index (χ4n) is 1.58. The van der Waals surface area contributed by atoms with Gasteiger partial charge in [-0.2, -0.15) is 0 Å². The molecular weight excluding hydrogens is 184 g/mol. The minimum Gasteiger partial charge on any atom is -0.294 e. The standard InChI is InChI=1S/C14H18O/c1-3-5-11-14(15)13(4-2)12-9-7-6-8-10-12/h4,6-10H,3,5,11H2,1-2H3. The monoisotopic (exact) mass is 202 g/mol. The molecule has 1 nitrogen and oxygen atoms in total. The summed E-state index contributed by atoms with van der Waals surface area (Å²) in [5.74, 6) is 0.255. The molecule has 1 rings (SSSR count). The summed E-state index contributed by atoms with van der Waals surface area (Å²) in [4.78, 5) is 11.9. The van der Waals surface area contributed by atoms with E-state index in [1.807, 2.05) is 43.3 Å². The smallest absolute Gasteiger partial charge is 0.163 e. The molecule has 0 N–H and O–H groups in total. The maximum Gasteiger partial charge on any atom is 0.163 e. The maximum absolute atomic E-state index is 11.9. The molecule has 0 aromatic heterocycles. The van der Waals surface area contributed by atoms with Crippen molar-refractivity contribution in [2.45, 2.75) is 33.1 Å². The number of hydrogen-bond donors (Lipinski definition) is 0. The number of unbranched alkanes of at least 4 members (excludes halogenated alkanes) is 1. The van der Waals surface area contributed by atoms with Crippen molar-refractivity contribution in [3.05, 3.63) is 42.0 Å². The lowest BCUT2D eigenvalue weighted by molar-refractivity contribution is -0.113. The SMILES string of the molecule is CC=C(C(=O)CCCC)c1ccccc1. The normalized spacial score (nSPS) is 11.5. The van der Waals surface area contributed by atoms with Crippen molar-refractivity contribution < 1.29 is 4.79 Å². The fraction of sp³-hybridized carbons (Fsp3) is 0.357. The van der Waals surface area contributed by atoms with E-state index in [0.29, 0.717) is 6.42 Å². The second-order valence-corrected chi connectivity index (χ2v) is 3.60. The van der Waals surface area contributed by atoms with E-state index < -0.39 is 0 Å². The molecule has 1 aromatic carbocycles. The van der Waals surface area contributed by atoms with Crippen LogP contribution in [-0.4, -0.2) is 5.78 Å². The number of ketones is 1. The van der Waals surface area contributed by atoms with Crippen LogP contribution < -0.4 is 0 Å². The lowest BCUT2D eigenvalue weighted by Gasteiger charge is -2.05. The van der Waals surface area contributed by atoms with Crippen LogP contribution in [0, 0.1) is 0 Å². The number of allylic oxidation sites excluding steroid dienone is 2. The Bertz CT molecular complexity index is 336. The highest BCUT2D eigenvalue weighted by Crippen LogP contribution is 2.17. The van der Waals surface area contributed by atoms with Gasteiger partial charge in [-0.15, -0.1) is 0 Å². The van der Waals surface area contributed by atoms with Gasteiger partial charge in [0.15, 0.2) is 5.78 Å². The molecule has 0 atom stereocenters. The molecule has 0 saturated heterocycles. The Kier molecular flexibility index (Phi) is 4.82. The van der Waals surface area contributed by atoms with E-state index in [0.717, 1.165) is 24.0 Å². The van der Waals surface area contributed by atoms with E-state index in [-0.39, 0.29) is 5.78 Å². The van der Waals surface area contributed by atoms with Crippen LogP contribution in [0.1, 0.15) is 38.7 Å². The third kappa shape index (κ3) is 3.35. The van der Waals surface area contributed by atoms with Gasteiger partial charge in [0.25, 0.3) is 0 Å². The van der Waals surface area contributed by atoms with Crippen LogP contribution in [0.5, 0.6) is 0 Å². The van der Waals surface area contributed by atoms with Gasteiger partial charge < -0.3 is 0 Å². The summed E-state index contributed by atoms with van der Waals surface area (Å²) in [5.41, 5.74) is 1.88. The molecule has 0 bridgehead atoms. The fourth-order valence-corrected chi connectivity index (χ4v) is 1.58. The zero-order valence-corrected chi connectivity index (χ0v) is 9.49. The minimum absolute atomic E-state index is 0.255. The third-order valence-electron chi connectivity index (χ3n) is 2.43. The lowest BCUT2D eigenvalue weighted by atomic mass is 9.98. The summed E-state index contributed by atoms with van der Waals surface area (Å²) in [6, 6.07) is 9.86. The van der Waals surface area contributed by atoms with Crippen LogP contribution in [0.15, 0.2) is 36.4 Å². The quantitative estimate of drug-likeness (QED) is 0.663. The van der Waals surface area contributed by atoms with Crippen LogP contribution in [0.4, 0.5) is 0 Å². The Hall–Kier alpha value is -1.37. The van der Waals surface area contributed by atoms with Crippen molar-refractivity contribution in [1.29, 1.82) is 0 Å². The highest BCUT2D eigenvalue weighted by Gasteiger charge is 2.09.